The minimum atomic E-state index is -5.12. The third-order valence-corrected chi connectivity index (χ3v) is 3.33. The molecule has 1 rings (SSSR count). The van der Waals surface area contributed by atoms with Crippen LogP contribution in [0.1, 0.15) is 23.2 Å². The molecule has 0 amide bonds. The Morgan fingerprint density at radius 1 is 1.10 bits per heavy atom. The Kier molecular flexibility index (Phi) is 5.70. The number of carbonyl (C=O) groups is 1. The molecule has 1 aromatic rings. The van der Waals surface area contributed by atoms with E-state index in [1.807, 2.05) is 0 Å². The van der Waals surface area contributed by atoms with Crippen LogP contribution in [0.4, 0.5) is 17.6 Å². The van der Waals surface area contributed by atoms with Crippen LogP contribution in [-0.2, 0) is 15.4 Å². The second kappa shape index (κ2) is 6.88. The number of hydrogen-bond donors (Lipinski definition) is 1. The first-order valence-electron chi connectivity index (χ1n) is 5.81. The molecular weight excluding hydrogens is 316 g/mol. The molecule has 0 aliphatic carbocycles. The second-order valence-electron chi connectivity index (χ2n) is 4.11. The maximum atomic E-state index is 13.0. The number of thiol groups is 1. The van der Waals surface area contributed by atoms with Crippen LogP contribution in [0.3, 0.4) is 0 Å². The molecule has 1 aromatic carbocycles. The van der Waals surface area contributed by atoms with Gasteiger partial charge in [-0.3, -0.25) is 0 Å². The largest absolute Gasteiger partial charge is 0.462 e. The molecule has 4 nitrogen and oxygen atoms in total. The number of rotatable bonds is 7. The highest BCUT2D eigenvalue weighted by Gasteiger charge is 2.58. The highest BCUT2D eigenvalue weighted by Crippen LogP contribution is 2.38. The average molecular weight is 328 g/mol. The minimum absolute atomic E-state index is 0.192. The standard InChI is InChI=1S/C12H12F4O4S/c13-11(14,12(15,16)21(18)19)7-4-8-20-10(17)9-5-2-1-3-6-9/h1-3,5-6,21H,4,7-8H2. The van der Waals surface area contributed by atoms with E-state index < -0.39 is 47.3 Å². The summed E-state index contributed by atoms with van der Waals surface area (Å²) in [6.45, 7) is -0.519. The smallest absolute Gasteiger partial charge is 0.404 e. The Balaban J connectivity index is 2.46. The zero-order valence-corrected chi connectivity index (χ0v) is 11.5. The third kappa shape index (κ3) is 4.42. The van der Waals surface area contributed by atoms with Crippen molar-refractivity contribution in [2.45, 2.75) is 24.0 Å². The van der Waals surface area contributed by atoms with E-state index in [1.165, 1.54) is 12.1 Å². The lowest BCUT2D eigenvalue weighted by atomic mass is 10.2. The number of hydrogen-bond acceptors (Lipinski definition) is 4. The van der Waals surface area contributed by atoms with Crippen LogP contribution in [0.25, 0.3) is 0 Å². The molecule has 0 aromatic heterocycles. The van der Waals surface area contributed by atoms with E-state index in [-0.39, 0.29) is 5.56 Å². The molecule has 0 aliphatic heterocycles. The molecule has 0 atom stereocenters. The van der Waals surface area contributed by atoms with Gasteiger partial charge in [-0.05, 0) is 18.6 Å². The summed E-state index contributed by atoms with van der Waals surface area (Å²) in [6, 6.07) is 7.66. The fourth-order valence-corrected chi connectivity index (χ4v) is 1.78. The molecule has 0 saturated carbocycles. The number of benzene rings is 1. The number of halogens is 4. The number of carbonyl (C=O) groups excluding carboxylic acids is 1. The van der Waals surface area contributed by atoms with Gasteiger partial charge >= 0.3 is 17.1 Å². The Labute approximate surface area is 119 Å². The van der Waals surface area contributed by atoms with Crippen LogP contribution in [0.5, 0.6) is 0 Å². The minimum Gasteiger partial charge on any atom is -0.462 e. The molecule has 0 N–H and O–H groups in total. The summed E-state index contributed by atoms with van der Waals surface area (Å²) in [5.41, 5.74) is 0.192. The fourth-order valence-electron chi connectivity index (χ4n) is 1.40. The van der Waals surface area contributed by atoms with Crippen LogP contribution < -0.4 is 0 Å². The van der Waals surface area contributed by atoms with Crippen molar-refractivity contribution in [1.29, 1.82) is 0 Å². The van der Waals surface area contributed by atoms with Gasteiger partial charge in [-0.1, -0.05) is 18.2 Å². The van der Waals surface area contributed by atoms with Crippen LogP contribution in [-0.4, -0.2) is 32.2 Å². The van der Waals surface area contributed by atoms with E-state index in [9.17, 15) is 30.8 Å². The molecule has 0 aliphatic rings. The lowest BCUT2D eigenvalue weighted by molar-refractivity contribution is -0.160. The topological polar surface area (TPSA) is 60.4 Å². The van der Waals surface area contributed by atoms with Gasteiger partial charge in [0.1, 0.15) is 0 Å². The molecular formula is C12H12F4O4S. The van der Waals surface area contributed by atoms with Crippen molar-refractivity contribution in [3.8, 4) is 0 Å². The van der Waals surface area contributed by atoms with Crippen LogP contribution in [0.15, 0.2) is 30.3 Å². The van der Waals surface area contributed by atoms with Crippen molar-refractivity contribution < 1.29 is 35.5 Å². The van der Waals surface area contributed by atoms with Gasteiger partial charge in [-0.2, -0.15) is 17.6 Å². The van der Waals surface area contributed by atoms with E-state index in [0.29, 0.717) is 0 Å². The first kappa shape index (κ1) is 17.4. The average Bonchev–Trinajstić information content (AvgIpc) is 2.44. The summed E-state index contributed by atoms with van der Waals surface area (Å²) in [4.78, 5) is 11.4. The summed E-state index contributed by atoms with van der Waals surface area (Å²) in [7, 11) is -4.59. The highest BCUT2D eigenvalue weighted by molar-refractivity contribution is 7.73. The lowest BCUT2D eigenvalue weighted by Crippen LogP contribution is -2.41. The van der Waals surface area contributed by atoms with Crippen LogP contribution >= 0.6 is 0 Å². The maximum Gasteiger partial charge on any atom is 0.404 e. The van der Waals surface area contributed by atoms with Crippen LogP contribution in [0.2, 0.25) is 0 Å². The van der Waals surface area contributed by atoms with Gasteiger partial charge in [0, 0.05) is 6.42 Å². The van der Waals surface area contributed by atoms with Gasteiger partial charge in [0.15, 0.2) is 0 Å². The van der Waals surface area contributed by atoms with Gasteiger partial charge in [0.05, 0.1) is 12.2 Å². The summed E-state index contributed by atoms with van der Waals surface area (Å²) < 4.78 is 76.4. The number of ether oxygens (including phenoxy) is 1. The second-order valence-corrected chi connectivity index (χ2v) is 5.18. The Bertz CT molecular complexity index is 550. The van der Waals surface area contributed by atoms with E-state index >= 15 is 0 Å². The predicted molar refractivity (Wildman–Crippen MR) is 66.2 cm³/mol. The molecule has 0 saturated heterocycles. The van der Waals surface area contributed by atoms with Gasteiger partial charge in [-0.15, -0.1) is 0 Å². The molecule has 0 heterocycles. The predicted octanol–water partition coefficient (Wildman–Crippen LogP) is 2.46. The van der Waals surface area contributed by atoms with E-state index in [4.69, 9.17) is 0 Å². The molecule has 0 radical (unpaired) electrons. The lowest BCUT2D eigenvalue weighted by Gasteiger charge is -2.21. The maximum absolute atomic E-state index is 13.0. The zero-order chi connectivity index (χ0) is 16.1. The summed E-state index contributed by atoms with van der Waals surface area (Å²) >= 11 is 0. The number of alkyl halides is 4. The van der Waals surface area contributed by atoms with Crippen LogP contribution in [0, 0.1) is 0 Å². The normalized spacial score (nSPS) is 12.4. The third-order valence-electron chi connectivity index (χ3n) is 2.55. The highest BCUT2D eigenvalue weighted by atomic mass is 32.2. The first-order valence-corrected chi connectivity index (χ1v) is 6.98. The summed E-state index contributed by atoms with van der Waals surface area (Å²) in [6.07, 6.45) is -2.00. The van der Waals surface area contributed by atoms with Crippen molar-refractivity contribution in [2.75, 3.05) is 6.61 Å². The number of esters is 1. The molecule has 21 heavy (non-hydrogen) atoms. The van der Waals surface area contributed by atoms with Crippen molar-refractivity contribution in [3.63, 3.8) is 0 Å². The van der Waals surface area contributed by atoms with Gasteiger partial charge in [-0.25, -0.2) is 13.2 Å². The van der Waals surface area contributed by atoms with Crippen molar-refractivity contribution in [1.82, 2.24) is 0 Å². The Hall–Kier alpha value is -1.64. The molecule has 0 spiro atoms. The molecule has 9 heteroatoms. The van der Waals surface area contributed by atoms with Crippen molar-refractivity contribution >= 4 is 16.7 Å². The molecule has 0 unspecified atom stereocenters. The summed E-state index contributed by atoms with van der Waals surface area (Å²) in [5.74, 6) is -5.48. The Morgan fingerprint density at radius 3 is 2.19 bits per heavy atom. The van der Waals surface area contributed by atoms with E-state index in [2.05, 4.69) is 4.74 Å². The quantitative estimate of drug-likeness (QED) is 0.361. The van der Waals surface area contributed by atoms with E-state index in [1.54, 1.807) is 18.2 Å². The summed E-state index contributed by atoms with van der Waals surface area (Å²) in [5, 5.41) is -5.12. The molecule has 0 fully saturated rings. The Morgan fingerprint density at radius 2 is 1.67 bits per heavy atom. The van der Waals surface area contributed by atoms with Gasteiger partial charge in [0.2, 0.25) is 10.7 Å². The molecule has 118 valence electrons. The SMILES string of the molecule is O=C(OCCCC(F)(F)C(F)(F)[SH](=O)=O)c1ccccc1. The zero-order valence-electron chi connectivity index (χ0n) is 10.6. The van der Waals surface area contributed by atoms with Gasteiger partial charge < -0.3 is 4.74 Å². The fraction of sp³-hybridized carbons (Fsp3) is 0.417. The first-order chi connectivity index (χ1) is 9.68. The molecule has 0 bridgehead atoms. The van der Waals surface area contributed by atoms with Crippen molar-refractivity contribution in [2.24, 2.45) is 0 Å². The monoisotopic (exact) mass is 328 g/mol. The van der Waals surface area contributed by atoms with Gasteiger partial charge in [0.25, 0.3) is 0 Å². The van der Waals surface area contributed by atoms with E-state index in [0.717, 1.165) is 0 Å². The van der Waals surface area contributed by atoms with Crippen molar-refractivity contribution in [3.05, 3.63) is 35.9 Å².